The van der Waals surface area contributed by atoms with Crippen molar-refractivity contribution in [3.8, 4) is 0 Å². The zero-order chi connectivity index (χ0) is 20.2. The molecule has 0 radical (unpaired) electrons. The minimum absolute atomic E-state index is 0.232. The summed E-state index contributed by atoms with van der Waals surface area (Å²) in [4.78, 5) is 0. The largest absolute Gasteiger partial charge is 0.414 e. The van der Waals surface area contributed by atoms with Crippen molar-refractivity contribution in [2.75, 3.05) is 0 Å². The van der Waals surface area contributed by atoms with E-state index in [1.54, 1.807) is 0 Å². The molecule has 26 heavy (non-hydrogen) atoms. The molecule has 0 aromatic heterocycles. The van der Waals surface area contributed by atoms with Crippen molar-refractivity contribution in [3.05, 3.63) is 22.3 Å². The molecule has 0 heterocycles. The van der Waals surface area contributed by atoms with E-state index in [-0.39, 0.29) is 17.2 Å². The monoisotopic (exact) mass is 494 g/mol. The van der Waals surface area contributed by atoms with E-state index in [1.165, 1.54) is 42.1 Å². The van der Waals surface area contributed by atoms with Crippen LogP contribution in [0.1, 0.15) is 85.5 Å². The Morgan fingerprint density at radius 3 is 2.15 bits per heavy atom. The van der Waals surface area contributed by atoms with E-state index in [0.29, 0.717) is 0 Å². The highest BCUT2D eigenvalue weighted by Crippen LogP contribution is 2.38. The molecule has 0 aromatic carbocycles. The molecule has 2 nitrogen and oxygen atoms in total. The van der Waals surface area contributed by atoms with Gasteiger partial charge in [0.25, 0.3) is 0 Å². The van der Waals surface area contributed by atoms with Gasteiger partial charge < -0.3 is 9.53 Å². The molecule has 0 rings (SSSR count). The first-order valence-electron chi connectivity index (χ1n) is 10.3. The molecule has 0 saturated carbocycles. The predicted molar refractivity (Wildman–Crippen MR) is 128 cm³/mol. The Labute approximate surface area is 178 Å². The zero-order valence-corrected chi connectivity index (χ0v) is 21.3. The lowest BCUT2D eigenvalue weighted by Gasteiger charge is -2.39. The normalized spacial score (nSPS) is 15.8. The zero-order valence-electron chi connectivity index (χ0n) is 18.1. The van der Waals surface area contributed by atoms with E-state index in [1.807, 2.05) is 19.1 Å². The van der Waals surface area contributed by atoms with E-state index >= 15 is 0 Å². The van der Waals surface area contributed by atoms with Gasteiger partial charge in [-0.1, -0.05) is 59.0 Å². The second-order valence-electron chi connectivity index (χ2n) is 9.05. The van der Waals surface area contributed by atoms with E-state index in [2.05, 4.69) is 63.0 Å². The quantitative estimate of drug-likeness (QED) is 0.116. The minimum atomic E-state index is -1.77. The van der Waals surface area contributed by atoms with Gasteiger partial charge in [0.1, 0.15) is 0 Å². The van der Waals surface area contributed by atoms with Gasteiger partial charge in [0, 0.05) is 12.5 Å². The summed E-state index contributed by atoms with van der Waals surface area (Å²) in [5.74, 6) is 0. The number of aliphatic hydroxyl groups excluding tert-OH is 1. The Bertz CT molecular complexity index is 411. The average molecular weight is 495 g/mol. The van der Waals surface area contributed by atoms with Crippen LogP contribution in [0.3, 0.4) is 0 Å². The fourth-order valence-electron chi connectivity index (χ4n) is 2.71. The van der Waals surface area contributed by atoms with Gasteiger partial charge in [-0.3, -0.25) is 0 Å². The molecule has 0 spiro atoms. The summed E-state index contributed by atoms with van der Waals surface area (Å²) in [5, 5.41) is 9.84. The molecule has 2 atom stereocenters. The molecule has 0 aliphatic heterocycles. The first-order chi connectivity index (χ1) is 12.0. The molecule has 0 aliphatic carbocycles. The lowest BCUT2D eigenvalue weighted by Crippen LogP contribution is -2.44. The first kappa shape index (κ1) is 26.3. The summed E-state index contributed by atoms with van der Waals surface area (Å²) in [6.45, 7) is 17.2. The number of hydrogen-bond donors (Lipinski definition) is 1. The number of halogens is 1. The summed E-state index contributed by atoms with van der Waals surface area (Å²) in [6.07, 6.45) is 14.9. The molecule has 0 aromatic rings. The number of aliphatic hydroxyl groups is 1. The first-order valence-corrected chi connectivity index (χ1v) is 14.3. The number of unbranched alkanes of at least 4 members (excludes halogenated alkanes) is 6. The maximum absolute atomic E-state index is 9.61. The molecule has 0 amide bonds. The highest BCUT2D eigenvalue weighted by molar-refractivity contribution is 14.1. The number of allylic oxidation sites excluding steroid dienone is 1. The predicted octanol–water partition coefficient (Wildman–Crippen LogP) is 7.77. The average Bonchev–Trinajstić information content (AvgIpc) is 2.47. The third-order valence-electron chi connectivity index (χ3n) is 5.30. The second kappa shape index (κ2) is 13.5. The van der Waals surface area contributed by atoms with Crippen LogP contribution >= 0.6 is 22.6 Å². The summed E-state index contributed by atoms with van der Waals surface area (Å²) in [6, 6.07) is 0. The van der Waals surface area contributed by atoms with Gasteiger partial charge in [-0.25, -0.2) is 0 Å². The molecule has 0 saturated heterocycles. The Kier molecular flexibility index (Phi) is 13.7. The van der Waals surface area contributed by atoms with E-state index < -0.39 is 8.32 Å². The lowest BCUT2D eigenvalue weighted by molar-refractivity contribution is 0.168. The summed E-state index contributed by atoms with van der Waals surface area (Å²) in [5.41, 5.74) is 0. The highest BCUT2D eigenvalue weighted by atomic mass is 127. The third kappa shape index (κ3) is 12.7. The molecule has 4 heteroatoms. The van der Waals surface area contributed by atoms with Crippen LogP contribution in [0.25, 0.3) is 0 Å². The van der Waals surface area contributed by atoms with Gasteiger partial charge in [-0.2, -0.15) is 0 Å². The van der Waals surface area contributed by atoms with Gasteiger partial charge in [-0.05, 0) is 76.6 Å². The Hall–Kier alpha value is 0.347. The van der Waals surface area contributed by atoms with Crippen molar-refractivity contribution in [1.82, 2.24) is 0 Å². The van der Waals surface area contributed by atoms with Crippen molar-refractivity contribution in [2.45, 2.75) is 116 Å². The Morgan fingerprint density at radius 2 is 1.65 bits per heavy atom. The maximum Gasteiger partial charge on any atom is 0.192 e. The fraction of sp³-hybridized carbons (Fsp3) is 0.818. The van der Waals surface area contributed by atoms with Gasteiger partial charge in [0.05, 0.1) is 6.10 Å². The van der Waals surface area contributed by atoms with Gasteiger partial charge in [-0.15, -0.1) is 6.58 Å². The van der Waals surface area contributed by atoms with E-state index in [4.69, 9.17) is 4.43 Å². The van der Waals surface area contributed by atoms with E-state index in [0.717, 1.165) is 19.3 Å². The molecule has 0 fully saturated rings. The van der Waals surface area contributed by atoms with Crippen LogP contribution in [0.4, 0.5) is 0 Å². The summed E-state index contributed by atoms with van der Waals surface area (Å²) < 4.78 is 7.93. The van der Waals surface area contributed by atoms with E-state index in [9.17, 15) is 5.11 Å². The molecule has 0 aliphatic rings. The lowest BCUT2D eigenvalue weighted by atomic mass is 10.0. The van der Waals surface area contributed by atoms with Gasteiger partial charge in [0.2, 0.25) is 0 Å². The van der Waals surface area contributed by atoms with Crippen molar-refractivity contribution >= 4 is 30.9 Å². The number of rotatable bonds is 14. The van der Waals surface area contributed by atoms with Crippen LogP contribution in [-0.2, 0) is 4.43 Å². The van der Waals surface area contributed by atoms with Crippen LogP contribution in [0.5, 0.6) is 0 Å². The third-order valence-corrected chi connectivity index (χ3v) is 10.6. The van der Waals surface area contributed by atoms with Crippen LogP contribution in [-0.4, -0.2) is 25.6 Å². The molecule has 154 valence electrons. The fourth-order valence-corrected chi connectivity index (χ4v) is 5.11. The molecular weight excluding hydrogens is 451 g/mol. The maximum atomic E-state index is 9.61. The van der Waals surface area contributed by atoms with Crippen molar-refractivity contribution in [1.29, 1.82) is 0 Å². The standard InChI is InChI=1S/C22H43IO2Si/c1-8-9-10-11-12-13-14-15-16-21(18-20(23)17-19(2)24)25-26(6,7)22(3,4)5/h8,17,19,21,24H,1,9-16,18H2,2-7H3/b20-17-/t19-,21+/m0/s1. The highest BCUT2D eigenvalue weighted by Gasteiger charge is 2.39. The van der Waals surface area contributed by atoms with Crippen molar-refractivity contribution < 1.29 is 9.53 Å². The smallest absolute Gasteiger partial charge is 0.192 e. The minimum Gasteiger partial charge on any atom is -0.414 e. The molecular formula is C22H43IO2Si. The van der Waals surface area contributed by atoms with Gasteiger partial charge >= 0.3 is 0 Å². The second-order valence-corrected chi connectivity index (χ2v) is 15.2. The SMILES string of the molecule is C=CCCCCCCCC[C@H](C/C(I)=C/[C@H](C)O)O[Si](C)(C)C(C)(C)C. The summed E-state index contributed by atoms with van der Waals surface area (Å²) in [7, 11) is -1.77. The Morgan fingerprint density at radius 1 is 1.12 bits per heavy atom. The van der Waals surface area contributed by atoms with Gasteiger partial charge in [0.15, 0.2) is 8.32 Å². The van der Waals surface area contributed by atoms with Crippen LogP contribution < -0.4 is 0 Å². The number of hydrogen-bond acceptors (Lipinski definition) is 2. The molecule has 0 unspecified atom stereocenters. The topological polar surface area (TPSA) is 29.5 Å². The molecule has 0 bridgehead atoms. The Balaban J connectivity index is 4.53. The molecule has 1 N–H and O–H groups in total. The van der Waals surface area contributed by atoms with Crippen LogP contribution in [0.2, 0.25) is 18.1 Å². The van der Waals surface area contributed by atoms with Crippen LogP contribution in [0.15, 0.2) is 22.3 Å². The van der Waals surface area contributed by atoms with Crippen molar-refractivity contribution in [2.24, 2.45) is 0 Å². The summed E-state index contributed by atoms with van der Waals surface area (Å²) >= 11 is 2.36. The van der Waals surface area contributed by atoms with Crippen molar-refractivity contribution in [3.63, 3.8) is 0 Å². The van der Waals surface area contributed by atoms with Crippen LogP contribution in [0, 0.1) is 0 Å².